The maximum absolute atomic E-state index is 5.75. The summed E-state index contributed by atoms with van der Waals surface area (Å²) in [4.78, 5) is 5.00. The van der Waals surface area contributed by atoms with E-state index < -0.39 is 0 Å². The Balaban J connectivity index is 1.48. The van der Waals surface area contributed by atoms with Gasteiger partial charge in [0.1, 0.15) is 5.75 Å². The lowest BCUT2D eigenvalue weighted by Crippen LogP contribution is -2.16. The van der Waals surface area contributed by atoms with Crippen LogP contribution in [0.4, 0.5) is 0 Å². The van der Waals surface area contributed by atoms with Gasteiger partial charge in [-0.25, -0.2) is 0 Å². The van der Waals surface area contributed by atoms with Gasteiger partial charge in [0.25, 0.3) is 0 Å². The molecule has 0 bridgehead atoms. The van der Waals surface area contributed by atoms with Crippen molar-refractivity contribution in [3.05, 3.63) is 58.9 Å². The van der Waals surface area contributed by atoms with Gasteiger partial charge in [0, 0.05) is 11.4 Å². The van der Waals surface area contributed by atoms with Crippen LogP contribution in [0.1, 0.15) is 81.3 Å². The van der Waals surface area contributed by atoms with Crippen LogP contribution >= 0.6 is 0 Å². The topological polar surface area (TPSA) is 22.1 Å². The standard InChI is InChI=1S/C26H37NO/c1-3-5-7-8-22-12-18-26-23(20-22)13-15-24(27-26)14-9-21-10-16-25(17-11-21)28-19-6-4-2/h10-11,13,15-17,22H,3-9,12,14,18-20H2,1-2H3. The molecule has 2 heteroatoms. The summed E-state index contributed by atoms with van der Waals surface area (Å²) in [6, 6.07) is 13.2. The molecule has 0 fully saturated rings. The van der Waals surface area contributed by atoms with Gasteiger partial charge in [-0.05, 0) is 73.8 Å². The van der Waals surface area contributed by atoms with Crippen molar-refractivity contribution in [1.82, 2.24) is 4.98 Å². The molecule has 1 aliphatic rings. The first-order chi connectivity index (χ1) is 13.8. The average Bonchev–Trinajstić information content (AvgIpc) is 2.73. The summed E-state index contributed by atoms with van der Waals surface area (Å²) < 4.78 is 5.75. The Hall–Kier alpha value is -1.83. The molecule has 0 N–H and O–H groups in total. The number of unbranched alkanes of at least 4 members (excludes halogenated alkanes) is 3. The van der Waals surface area contributed by atoms with Gasteiger partial charge in [-0.3, -0.25) is 4.98 Å². The molecule has 0 radical (unpaired) electrons. The molecule has 0 amide bonds. The first-order valence-corrected chi connectivity index (χ1v) is 11.5. The molecule has 152 valence electrons. The maximum atomic E-state index is 5.75. The van der Waals surface area contributed by atoms with Gasteiger partial charge >= 0.3 is 0 Å². The summed E-state index contributed by atoms with van der Waals surface area (Å²) in [5.41, 5.74) is 5.47. The SMILES string of the molecule is CCCCCC1CCc2nc(CCc3ccc(OCCCC)cc3)ccc2C1. The van der Waals surface area contributed by atoms with E-state index in [1.165, 1.54) is 73.9 Å². The summed E-state index contributed by atoms with van der Waals surface area (Å²) in [6.07, 6.45) is 13.6. The molecule has 1 aromatic carbocycles. The van der Waals surface area contributed by atoms with E-state index in [1.807, 2.05) is 0 Å². The zero-order chi connectivity index (χ0) is 19.6. The van der Waals surface area contributed by atoms with Crippen molar-refractivity contribution in [2.75, 3.05) is 6.61 Å². The molecule has 3 rings (SSSR count). The number of hydrogen-bond donors (Lipinski definition) is 0. The summed E-state index contributed by atoms with van der Waals surface area (Å²) in [7, 11) is 0. The maximum Gasteiger partial charge on any atom is 0.119 e. The smallest absolute Gasteiger partial charge is 0.119 e. The van der Waals surface area contributed by atoms with Crippen molar-refractivity contribution in [3.63, 3.8) is 0 Å². The molecule has 2 aromatic rings. The fraction of sp³-hybridized carbons (Fsp3) is 0.577. The Labute approximate surface area is 171 Å². The third kappa shape index (κ3) is 6.36. The van der Waals surface area contributed by atoms with E-state index in [-0.39, 0.29) is 0 Å². The van der Waals surface area contributed by atoms with Gasteiger partial charge in [0.05, 0.1) is 6.61 Å². The number of ether oxygens (including phenoxy) is 1. The van der Waals surface area contributed by atoms with E-state index in [0.29, 0.717) is 0 Å². The van der Waals surface area contributed by atoms with Gasteiger partial charge in [0.15, 0.2) is 0 Å². The summed E-state index contributed by atoms with van der Waals surface area (Å²) >= 11 is 0. The van der Waals surface area contributed by atoms with Crippen LogP contribution in [0, 0.1) is 5.92 Å². The fourth-order valence-electron chi connectivity index (χ4n) is 4.16. The summed E-state index contributed by atoms with van der Waals surface area (Å²) in [5, 5.41) is 0. The Morgan fingerprint density at radius 3 is 2.54 bits per heavy atom. The summed E-state index contributed by atoms with van der Waals surface area (Å²) in [6.45, 7) is 5.29. The van der Waals surface area contributed by atoms with Gasteiger partial charge in [-0.2, -0.15) is 0 Å². The van der Waals surface area contributed by atoms with Crippen LogP contribution in [0.25, 0.3) is 0 Å². The minimum absolute atomic E-state index is 0.814. The first-order valence-electron chi connectivity index (χ1n) is 11.5. The van der Waals surface area contributed by atoms with Crippen molar-refractivity contribution >= 4 is 0 Å². The number of rotatable bonds is 11. The van der Waals surface area contributed by atoms with Crippen LogP contribution in [-0.4, -0.2) is 11.6 Å². The molecule has 1 aromatic heterocycles. The van der Waals surface area contributed by atoms with Crippen LogP contribution < -0.4 is 4.74 Å². The van der Waals surface area contributed by atoms with Crippen LogP contribution in [0.2, 0.25) is 0 Å². The Morgan fingerprint density at radius 1 is 0.929 bits per heavy atom. The Bertz CT molecular complexity index is 707. The molecule has 0 spiro atoms. The minimum atomic E-state index is 0.814. The number of nitrogens with zero attached hydrogens (tertiary/aromatic N) is 1. The van der Waals surface area contributed by atoms with E-state index in [4.69, 9.17) is 9.72 Å². The molecule has 28 heavy (non-hydrogen) atoms. The quantitative estimate of drug-likeness (QED) is 0.404. The number of aromatic nitrogens is 1. The molecule has 0 saturated heterocycles. The van der Waals surface area contributed by atoms with Gasteiger partial charge in [-0.15, -0.1) is 0 Å². The van der Waals surface area contributed by atoms with E-state index in [0.717, 1.165) is 37.5 Å². The second kappa shape index (κ2) is 11.2. The summed E-state index contributed by atoms with van der Waals surface area (Å²) in [5.74, 6) is 1.86. The lowest BCUT2D eigenvalue weighted by molar-refractivity contribution is 0.309. The van der Waals surface area contributed by atoms with Crippen molar-refractivity contribution in [2.45, 2.75) is 84.5 Å². The monoisotopic (exact) mass is 379 g/mol. The first kappa shape index (κ1) is 20.9. The van der Waals surface area contributed by atoms with Gasteiger partial charge in [0.2, 0.25) is 0 Å². The molecule has 0 saturated carbocycles. The van der Waals surface area contributed by atoms with Crippen LogP contribution in [-0.2, 0) is 25.7 Å². The predicted molar refractivity (Wildman–Crippen MR) is 118 cm³/mol. The van der Waals surface area contributed by atoms with Gasteiger partial charge in [-0.1, -0.05) is 64.2 Å². The molecule has 0 aliphatic heterocycles. The highest BCUT2D eigenvalue weighted by Crippen LogP contribution is 2.28. The molecular formula is C26H37NO. The lowest BCUT2D eigenvalue weighted by atomic mass is 9.83. The highest BCUT2D eigenvalue weighted by Gasteiger charge is 2.19. The van der Waals surface area contributed by atoms with Crippen LogP contribution in [0.15, 0.2) is 36.4 Å². The van der Waals surface area contributed by atoms with E-state index in [2.05, 4.69) is 50.2 Å². The van der Waals surface area contributed by atoms with Gasteiger partial charge < -0.3 is 4.74 Å². The molecule has 1 atom stereocenters. The number of hydrogen-bond acceptors (Lipinski definition) is 2. The van der Waals surface area contributed by atoms with Crippen molar-refractivity contribution in [1.29, 1.82) is 0 Å². The normalized spacial score (nSPS) is 16.0. The lowest BCUT2D eigenvalue weighted by Gasteiger charge is -2.24. The zero-order valence-electron chi connectivity index (χ0n) is 17.9. The highest BCUT2D eigenvalue weighted by molar-refractivity contribution is 5.29. The van der Waals surface area contributed by atoms with E-state index in [9.17, 15) is 0 Å². The van der Waals surface area contributed by atoms with Crippen molar-refractivity contribution in [3.8, 4) is 5.75 Å². The number of benzene rings is 1. The fourth-order valence-corrected chi connectivity index (χ4v) is 4.16. The van der Waals surface area contributed by atoms with Crippen molar-refractivity contribution < 1.29 is 4.74 Å². The third-order valence-electron chi connectivity index (χ3n) is 6.00. The number of pyridine rings is 1. The highest BCUT2D eigenvalue weighted by atomic mass is 16.5. The van der Waals surface area contributed by atoms with Crippen molar-refractivity contribution in [2.24, 2.45) is 5.92 Å². The third-order valence-corrected chi connectivity index (χ3v) is 6.00. The minimum Gasteiger partial charge on any atom is -0.494 e. The number of fused-ring (bicyclic) bond motifs is 1. The second-order valence-electron chi connectivity index (χ2n) is 8.36. The molecule has 2 nitrogen and oxygen atoms in total. The molecule has 1 unspecified atom stereocenters. The molecular weight excluding hydrogens is 342 g/mol. The molecule has 1 heterocycles. The predicted octanol–water partition coefficient (Wildman–Crippen LogP) is 6.73. The zero-order valence-corrected chi connectivity index (χ0v) is 17.9. The van der Waals surface area contributed by atoms with Crippen LogP contribution in [0.3, 0.4) is 0 Å². The second-order valence-corrected chi connectivity index (χ2v) is 8.36. The average molecular weight is 380 g/mol. The van der Waals surface area contributed by atoms with E-state index in [1.54, 1.807) is 0 Å². The largest absolute Gasteiger partial charge is 0.494 e. The Kier molecular flexibility index (Phi) is 8.39. The molecule has 1 aliphatic carbocycles. The van der Waals surface area contributed by atoms with E-state index >= 15 is 0 Å². The Morgan fingerprint density at radius 2 is 1.75 bits per heavy atom. The van der Waals surface area contributed by atoms with Crippen LogP contribution in [0.5, 0.6) is 5.75 Å². The number of aryl methyl sites for hydroxylation is 3.